The maximum Gasteiger partial charge on any atom is 0.225 e. The molecule has 1 saturated carbocycles. The van der Waals surface area contributed by atoms with E-state index in [9.17, 15) is 4.79 Å². The third-order valence-corrected chi connectivity index (χ3v) is 4.15. The molecule has 20 heavy (non-hydrogen) atoms. The highest BCUT2D eigenvalue weighted by molar-refractivity contribution is 5.99. The number of nitrogens with one attached hydrogen (secondary N) is 2. The highest BCUT2D eigenvalue weighted by Crippen LogP contribution is 2.28. The number of aromatic amines is 1. The molecule has 3 rings (SSSR count). The molecule has 0 saturated heterocycles. The third-order valence-electron chi connectivity index (χ3n) is 4.15. The maximum absolute atomic E-state index is 12.1. The molecule has 1 aliphatic carbocycles. The van der Waals surface area contributed by atoms with Crippen LogP contribution in [-0.2, 0) is 11.8 Å². The average Bonchev–Trinajstić information content (AvgIpc) is 3.03. The summed E-state index contributed by atoms with van der Waals surface area (Å²) in [6.45, 7) is 1.90. The van der Waals surface area contributed by atoms with E-state index in [4.69, 9.17) is 5.73 Å². The smallest absolute Gasteiger partial charge is 0.225 e. The maximum atomic E-state index is 12.1. The zero-order valence-electron chi connectivity index (χ0n) is 11.8. The fourth-order valence-electron chi connectivity index (χ4n) is 3.07. The van der Waals surface area contributed by atoms with Crippen LogP contribution in [0.2, 0.25) is 0 Å². The van der Waals surface area contributed by atoms with Crippen molar-refractivity contribution in [3.63, 3.8) is 0 Å². The molecule has 2 aromatic heterocycles. The number of hydrogen-bond donors (Lipinski definition) is 3. The monoisotopic (exact) mass is 276 g/mol. The molecule has 108 valence electrons. The molecule has 1 fully saturated rings. The van der Waals surface area contributed by atoms with Gasteiger partial charge in [-0.15, -0.1) is 0 Å². The van der Waals surface area contributed by atoms with Crippen molar-refractivity contribution in [2.24, 2.45) is 18.7 Å². The minimum Gasteiger partial charge on any atom is -0.327 e. The fraction of sp³-hybridized carbons (Fsp3) is 0.615. The van der Waals surface area contributed by atoms with Crippen molar-refractivity contribution in [2.75, 3.05) is 5.32 Å². The quantitative estimate of drug-likeness (QED) is 0.780. The van der Waals surface area contributed by atoms with Crippen molar-refractivity contribution >= 4 is 22.8 Å². The van der Waals surface area contributed by atoms with Crippen molar-refractivity contribution in [3.8, 4) is 0 Å². The summed E-state index contributed by atoms with van der Waals surface area (Å²) in [6, 6.07) is 0.155. The van der Waals surface area contributed by atoms with Crippen molar-refractivity contribution in [1.82, 2.24) is 20.0 Å². The molecular weight excluding hydrogens is 256 g/mol. The van der Waals surface area contributed by atoms with Gasteiger partial charge < -0.3 is 11.1 Å². The van der Waals surface area contributed by atoms with Gasteiger partial charge in [-0.05, 0) is 25.7 Å². The van der Waals surface area contributed by atoms with Crippen LogP contribution in [0.3, 0.4) is 0 Å². The topological polar surface area (TPSA) is 102 Å². The van der Waals surface area contributed by atoms with Crippen molar-refractivity contribution in [2.45, 2.75) is 38.6 Å². The van der Waals surface area contributed by atoms with Crippen LogP contribution < -0.4 is 11.1 Å². The number of nitrogens with zero attached hydrogens (tertiary/aromatic N) is 3. The SMILES string of the molecule is Cc1nn(C)c2n[nH]c(NC(=O)C[C@@H]3CCC[C@H]3N)c12. The molecule has 1 aliphatic rings. The fourth-order valence-corrected chi connectivity index (χ4v) is 3.07. The van der Waals surface area contributed by atoms with Crippen molar-refractivity contribution < 1.29 is 4.79 Å². The van der Waals surface area contributed by atoms with Gasteiger partial charge in [-0.25, -0.2) is 4.68 Å². The van der Waals surface area contributed by atoms with Gasteiger partial charge in [0, 0.05) is 19.5 Å². The Bertz CT molecular complexity index is 643. The number of amides is 1. The second-order valence-electron chi connectivity index (χ2n) is 5.61. The zero-order chi connectivity index (χ0) is 14.3. The predicted molar refractivity (Wildman–Crippen MR) is 76.2 cm³/mol. The Kier molecular flexibility index (Phi) is 3.21. The molecule has 2 atom stereocenters. The van der Waals surface area contributed by atoms with E-state index in [0.29, 0.717) is 18.2 Å². The third kappa shape index (κ3) is 2.18. The standard InChI is InChI=1S/C13H20N6O/c1-7-11-12(16-17-13(11)19(2)18-7)15-10(20)6-8-4-3-5-9(8)14/h8-9H,3-6,14H2,1-2H3,(H2,15,16,17,20)/t8-,9+/m0/s1. The normalized spacial score (nSPS) is 22.6. The highest BCUT2D eigenvalue weighted by atomic mass is 16.1. The van der Waals surface area contributed by atoms with E-state index in [1.165, 1.54) is 0 Å². The number of aryl methyl sites for hydroxylation is 2. The van der Waals surface area contributed by atoms with Gasteiger partial charge >= 0.3 is 0 Å². The summed E-state index contributed by atoms with van der Waals surface area (Å²) < 4.78 is 1.70. The molecular formula is C13H20N6O. The van der Waals surface area contributed by atoms with Crippen LogP contribution in [0.15, 0.2) is 0 Å². The molecule has 4 N–H and O–H groups in total. The lowest BCUT2D eigenvalue weighted by Gasteiger charge is -2.14. The van der Waals surface area contributed by atoms with Gasteiger partial charge in [-0.3, -0.25) is 9.89 Å². The van der Waals surface area contributed by atoms with Gasteiger partial charge in [0.25, 0.3) is 0 Å². The lowest BCUT2D eigenvalue weighted by atomic mass is 10.00. The molecule has 0 unspecified atom stereocenters. The van der Waals surface area contributed by atoms with Crippen LogP contribution in [-0.4, -0.2) is 31.9 Å². The van der Waals surface area contributed by atoms with E-state index in [-0.39, 0.29) is 11.9 Å². The molecule has 7 nitrogen and oxygen atoms in total. The Hall–Kier alpha value is -1.89. The van der Waals surface area contributed by atoms with Gasteiger partial charge in [-0.2, -0.15) is 10.2 Å². The van der Waals surface area contributed by atoms with E-state index < -0.39 is 0 Å². The van der Waals surface area contributed by atoms with Crippen LogP contribution in [0.1, 0.15) is 31.4 Å². The highest BCUT2D eigenvalue weighted by Gasteiger charge is 2.26. The zero-order valence-corrected chi connectivity index (χ0v) is 11.8. The summed E-state index contributed by atoms with van der Waals surface area (Å²) in [7, 11) is 1.83. The second kappa shape index (κ2) is 4.90. The number of aromatic nitrogens is 4. The first kappa shape index (κ1) is 13.1. The largest absolute Gasteiger partial charge is 0.327 e. The van der Waals surface area contributed by atoms with Crippen molar-refractivity contribution in [1.29, 1.82) is 0 Å². The molecule has 0 aliphatic heterocycles. The molecule has 7 heteroatoms. The molecule has 0 aromatic carbocycles. The summed E-state index contributed by atoms with van der Waals surface area (Å²) >= 11 is 0. The molecule has 2 aromatic rings. The first-order valence-electron chi connectivity index (χ1n) is 6.99. The minimum absolute atomic E-state index is 0.0128. The minimum atomic E-state index is -0.0128. The van der Waals surface area contributed by atoms with Crippen LogP contribution in [0.4, 0.5) is 5.82 Å². The van der Waals surface area contributed by atoms with Crippen LogP contribution in [0.5, 0.6) is 0 Å². The summed E-state index contributed by atoms with van der Waals surface area (Å²) in [4.78, 5) is 12.1. The van der Waals surface area contributed by atoms with Gasteiger partial charge in [0.1, 0.15) is 5.82 Å². The number of rotatable bonds is 3. The first-order chi connectivity index (χ1) is 9.56. The van der Waals surface area contributed by atoms with E-state index in [1.54, 1.807) is 4.68 Å². The molecule has 0 radical (unpaired) electrons. The molecule has 0 spiro atoms. The Morgan fingerprint density at radius 2 is 2.35 bits per heavy atom. The van der Waals surface area contributed by atoms with Gasteiger partial charge in [-0.1, -0.05) is 6.42 Å². The Morgan fingerprint density at radius 1 is 1.55 bits per heavy atom. The average molecular weight is 276 g/mol. The summed E-state index contributed by atoms with van der Waals surface area (Å²) in [5.41, 5.74) is 7.60. The predicted octanol–water partition coefficient (Wildman–Crippen LogP) is 1.06. The lowest BCUT2D eigenvalue weighted by Crippen LogP contribution is -2.28. The van der Waals surface area contributed by atoms with Gasteiger partial charge in [0.2, 0.25) is 5.91 Å². The lowest BCUT2D eigenvalue weighted by molar-refractivity contribution is -0.117. The van der Waals surface area contributed by atoms with E-state index in [0.717, 1.165) is 36.0 Å². The van der Waals surface area contributed by atoms with Crippen molar-refractivity contribution in [3.05, 3.63) is 5.69 Å². The summed E-state index contributed by atoms with van der Waals surface area (Å²) in [5.74, 6) is 0.909. The first-order valence-corrected chi connectivity index (χ1v) is 6.99. The number of carbonyl (C=O) groups is 1. The number of carbonyl (C=O) groups excluding carboxylic acids is 1. The molecule has 2 heterocycles. The number of H-pyrrole nitrogens is 1. The van der Waals surface area contributed by atoms with E-state index in [1.807, 2.05) is 14.0 Å². The Morgan fingerprint density at radius 3 is 3.05 bits per heavy atom. The summed E-state index contributed by atoms with van der Waals surface area (Å²) in [5, 5.41) is 15.1. The second-order valence-corrected chi connectivity index (χ2v) is 5.61. The summed E-state index contributed by atoms with van der Waals surface area (Å²) in [6.07, 6.45) is 3.66. The molecule has 1 amide bonds. The van der Waals surface area contributed by atoms with Crippen LogP contribution in [0.25, 0.3) is 11.0 Å². The Labute approximate surface area is 116 Å². The van der Waals surface area contributed by atoms with E-state index in [2.05, 4.69) is 20.6 Å². The number of anilines is 1. The van der Waals surface area contributed by atoms with Gasteiger partial charge in [0.05, 0.1) is 11.1 Å². The van der Waals surface area contributed by atoms with Crippen LogP contribution in [0, 0.1) is 12.8 Å². The van der Waals surface area contributed by atoms with E-state index >= 15 is 0 Å². The Balaban J connectivity index is 1.74. The van der Waals surface area contributed by atoms with Gasteiger partial charge in [0.15, 0.2) is 5.65 Å². The number of hydrogen-bond acceptors (Lipinski definition) is 4. The number of fused-ring (bicyclic) bond motifs is 1. The molecule has 0 bridgehead atoms. The van der Waals surface area contributed by atoms with Crippen LogP contribution >= 0.6 is 0 Å². The number of nitrogens with two attached hydrogens (primary N) is 1.